The molecule has 1 aromatic heterocycles. The van der Waals surface area contributed by atoms with Crippen molar-refractivity contribution in [3.05, 3.63) is 88.2 Å². The van der Waals surface area contributed by atoms with E-state index >= 15 is 0 Å². The van der Waals surface area contributed by atoms with Gasteiger partial charge in [-0.1, -0.05) is 35.9 Å². The second-order valence-corrected chi connectivity index (χ2v) is 7.77. The number of nitrogens with zero attached hydrogens (tertiary/aromatic N) is 2. The molecule has 5 nitrogen and oxygen atoms in total. The van der Waals surface area contributed by atoms with Crippen LogP contribution in [0.2, 0.25) is 5.02 Å². The largest absolute Gasteiger partial charge is 0.383 e. The number of benzene rings is 2. The number of aromatic nitrogens is 1. The fourth-order valence-electron chi connectivity index (χ4n) is 3.23. The molecule has 3 rings (SSSR count). The lowest BCUT2D eigenvalue weighted by Crippen LogP contribution is -2.37. The first-order valence-electron chi connectivity index (χ1n) is 9.97. The third-order valence-corrected chi connectivity index (χ3v) is 5.55. The van der Waals surface area contributed by atoms with Crippen LogP contribution in [0.15, 0.2) is 60.8 Å². The Kier molecular flexibility index (Phi) is 7.55. The molecule has 0 spiro atoms. The molecule has 1 N–H and O–H groups in total. The average molecular weight is 426 g/mol. The third-order valence-electron chi connectivity index (χ3n) is 5.19. The summed E-state index contributed by atoms with van der Waals surface area (Å²) in [4.78, 5) is 14.8. The molecule has 0 atom stereocenters. The van der Waals surface area contributed by atoms with Crippen molar-refractivity contribution in [2.24, 2.45) is 0 Å². The minimum absolute atomic E-state index is 0.152. The molecule has 0 fully saturated rings. The van der Waals surface area contributed by atoms with Crippen LogP contribution in [0.3, 0.4) is 0 Å². The maximum atomic E-state index is 13.0. The number of hydrogen-bond acceptors (Lipinski definition) is 2. The molecule has 3 aromatic rings. The van der Waals surface area contributed by atoms with Crippen molar-refractivity contribution in [1.82, 2.24) is 9.47 Å². The Bertz CT molecular complexity index is 1000. The van der Waals surface area contributed by atoms with Gasteiger partial charge in [0.05, 0.1) is 13.2 Å². The molecule has 0 saturated carbocycles. The van der Waals surface area contributed by atoms with E-state index in [1.54, 1.807) is 12.0 Å². The summed E-state index contributed by atoms with van der Waals surface area (Å²) in [5.74, 6) is 0. The van der Waals surface area contributed by atoms with Crippen molar-refractivity contribution < 1.29 is 9.53 Å². The minimum Gasteiger partial charge on any atom is -0.383 e. The predicted molar refractivity (Wildman–Crippen MR) is 122 cm³/mol. The van der Waals surface area contributed by atoms with Crippen LogP contribution in [0.1, 0.15) is 22.4 Å². The van der Waals surface area contributed by atoms with Gasteiger partial charge in [-0.15, -0.1) is 0 Å². The van der Waals surface area contributed by atoms with Gasteiger partial charge in [0.2, 0.25) is 0 Å². The van der Waals surface area contributed by atoms with E-state index in [0.717, 1.165) is 27.5 Å². The molecule has 0 unspecified atom stereocenters. The molecule has 0 bridgehead atoms. The summed E-state index contributed by atoms with van der Waals surface area (Å²) in [5.41, 5.74) is 5.20. The van der Waals surface area contributed by atoms with Crippen LogP contribution >= 0.6 is 11.6 Å². The Balaban J connectivity index is 1.75. The Morgan fingerprint density at radius 3 is 2.63 bits per heavy atom. The van der Waals surface area contributed by atoms with Crippen molar-refractivity contribution in [2.45, 2.75) is 26.9 Å². The van der Waals surface area contributed by atoms with Crippen LogP contribution in [-0.4, -0.2) is 35.8 Å². The molecule has 0 saturated heterocycles. The average Bonchev–Trinajstić information content (AvgIpc) is 3.16. The number of urea groups is 1. The summed E-state index contributed by atoms with van der Waals surface area (Å²) in [5, 5.41) is 3.75. The van der Waals surface area contributed by atoms with E-state index in [2.05, 4.69) is 16.8 Å². The number of aryl methyl sites for hydroxylation is 2. The Labute approximate surface area is 183 Å². The number of rotatable bonds is 8. The van der Waals surface area contributed by atoms with E-state index < -0.39 is 0 Å². The molecule has 158 valence electrons. The summed E-state index contributed by atoms with van der Waals surface area (Å²) in [7, 11) is 1.64. The fraction of sp³-hybridized carbons (Fsp3) is 0.292. The lowest BCUT2D eigenvalue weighted by Gasteiger charge is -2.24. The maximum absolute atomic E-state index is 13.0. The van der Waals surface area contributed by atoms with Crippen LogP contribution in [-0.2, 0) is 17.8 Å². The van der Waals surface area contributed by atoms with Crippen LogP contribution in [0.5, 0.6) is 0 Å². The molecule has 0 aliphatic carbocycles. The molecule has 0 aliphatic heterocycles. The van der Waals surface area contributed by atoms with E-state index in [-0.39, 0.29) is 6.03 Å². The van der Waals surface area contributed by atoms with Gasteiger partial charge in [0, 0.05) is 42.8 Å². The van der Waals surface area contributed by atoms with Crippen LogP contribution in [0.25, 0.3) is 0 Å². The highest BCUT2D eigenvalue weighted by Gasteiger charge is 2.16. The van der Waals surface area contributed by atoms with Gasteiger partial charge in [0.1, 0.15) is 0 Å². The monoisotopic (exact) mass is 425 g/mol. The van der Waals surface area contributed by atoms with E-state index in [1.165, 1.54) is 5.56 Å². The SMILES string of the molecule is COCCN(Cc1cccn1Cc1ccccc1Cl)C(=O)Nc1ccc(C)c(C)c1. The van der Waals surface area contributed by atoms with Gasteiger partial charge in [0.15, 0.2) is 0 Å². The summed E-state index contributed by atoms with van der Waals surface area (Å²) in [6, 6.07) is 17.6. The van der Waals surface area contributed by atoms with Gasteiger partial charge in [-0.2, -0.15) is 0 Å². The number of carbonyl (C=O) groups is 1. The highest BCUT2D eigenvalue weighted by Crippen LogP contribution is 2.19. The fourth-order valence-corrected chi connectivity index (χ4v) is 3.42. The normalized spacial score (nSPS) is 10.8. The summed E-state index contributed by atoms with van der Waals surface area (Å²) >= 11 is 6.33. The standard InChI is InChI=1S/C24H28ClN3O2/c1-18-10-11-21(15-19(18)2)26-24(29)28(13-14-30-3)17-22-8-6-12-27(22)16-20-7-4-5-9-23(20)25/h4-12,15H,13-14,16-17H2,1-3H3,(H,26,29). The number of ether oxygens (including phenoxy) is 1. The minimum atomic E-state index is -0.152. The molecule has 6 heteroatoms. The second kappa shape index (κ2) is 10.3. The number of nitrogens with one attached hydrogen (secondary N) is 1. The first kappa shape index (κ1) is 21.9. The van der Waals surface area contributed by atoms with Crippen LogP contribution < -0.4 is 5.32 Å². The van der Waals surface area contributed by atoms with Crippen molar-refractivity contribution in [2.75, 3.05) is 25.6 Å². The number of hydrogen-bond donors (Lipinski definition) is 1. The highest BCUT2D eigenvalue weighted by molar-refractivity contribution is 6.31. The molecular weight excluding hydrogens is 398 g/mol. The molecule has 0 radical (unpaired) electrons. The topological polar surface area (TPSA) is 46.5 Å². The molecule has 2 amide bonds. The summed E-state index contributed by atoms with van der Waals surface area (Å²) in [6.45, 7) is 6.17. The van der Waals surface area contributed by atoms with Crippen molar-refractivity contribution in [1.29, 1.82) is 0 Å². The first-order chi connectivity index (χ1) is 14.5. The van der Waals surface area contributed by atoms with Gasteiger partial charge < -0.3 is 19.5 Å². The number of anilines is 1. The van der Waals surface area contributed by atoms with E-state index in [0.29, 0.717) is 26.2 Å². The van der Waals surface area contributed by atoms with E-state index in [4.69, 9.17) is 16.3 Å². The number of carbonyl (C=O) groups excluding carboxylic acids is 1. The summed E-state index contributed by atoms with van der Waals surface area (Å²) in [6.07, 6.45) is 2.01. The summed E-state index contributed by atoms with van der Waals surface area (Å²) < 4.78 is 7.34. The quantitative estimate of drug-likeness (QED) is 0.518. The highest BCUT2D eigenvalue weighted by atomic mass is 35.5. The van der Waals surface area contributed by atoms with E-state index in [9.17, 15) is 4.79 Å². The van der Waals surface area contributed by atoms with Gasteiger partial charge >= 0.3 is 6.03 Å². The first-order valence-corrected chi connectivity index (χ1v) is 10.3. The second-order valence-electron chi connectivity index (χ2n) is 7.36. The lowest BCUT2D eigenvalue weighted by atomic mass is 10.1. The van der Waals surface area contributed by atoms with Crippen molar-refractivity contribution in [3.63, 3.8) is 0 Å². The van der Waals surface area contributed by atoms with Gasteiger partial charge in [-0.25, -0.2) is 4.79 Å². The molecule has 30 heavy (non-hydrogen) atoms. The van der Waals surface area contributed by atoms with Gasteiger partial charge in [-0.05, 0) is 60.9 Å². The predicted octanol–water partition coefficient (Wildman–Crippen LogP) is 5.49. The number of halogens is 1. The third kappa shape index (κ3) is 5.65. The zero-order valence-corrected chi connectivity index (χ0v) is 18.4. The number of amides is 2. The van der Waals surface area contributed by atoms with Crippen molar-refractivity contribution in [3.8, 4) is 0 Å². The van der Waals surface area contributed by atoms with Crippen LogP contribution in [0.4, 0.5) is 10.5 Å². The molecule has 1 heterocycles. The zero-order valence-electron chi connectivity index (χ0n) is 17.7. The van der Waals surface area contributed by atoms with Gasteiger partial charge in [0.25, 0.3) is 0 Å². The van der Waals surface area contributed by atoms with Crippen molar-refractivity contribution >= 4 is 23.3 Å². The van der Waals surface area contributed by atoms with Crippen LogP contribution in [0, 0.1) is 13.8 Å². The smallest absolute Gasteiger partial charge is 0.322 e. The maximum Gasteiger partial charge on any atom is 0.322 e. The molecule has 2 aromatic carbocycles. The molecule has 0 aliphatic rings. The Morgan fingerprint density at radius 2 is 1.90 bits per heavy atom. The molecular formula is C24H28ClN3O2. The zero-order chi connectivity index (χ0) is 21.5. The number of methoxy groups -OCH3 is 1. The Hall–Kier alpha value is -2.76. The lowest BCUT2D eigenvalue weighted by molar-refractivity contribution is 0.152. The van der Waals surface area contributed by atoms with E-state index in [1.807, 2.05) is 67.7 Å². The Morgan fingerprint density at radius 1 is 1.10 bits per heavy atom. The van der Waals surface area contributed by atoms with Gasteiger partial charge in [-0.3, -0.25) is 0 Å².